The molecule has 1 aliphatic rings. The van der Waals surface area contributed by atoms with Gasteiger partial charge < -0.3 is 20.9 Å². The Morgan fingerprint density at radius 3 is 2.25 bits per heavy atom. The van der Waals surface area contributed by atoms with E-state index in [-0.39, 0.29) is 24.4 Å². The SMILES string of the molecule is CCN(CC)C(=O)CNC(=O)c1ccc(NC(=O)NC2CC2)cc1. The monoisotopic (exact) mass is 332 g/mol. The highest BCUT2D eigenvalue weighted by Crippen LogP contribution is 2.19. The van der Waals surface area contributed by atoms with Gasteiger partial charge in [-0.2, -0.15) is 0 Å². The first-order valence-corrected chi connectivity index (χ1v) is 8.27. The van der Waals surface area contributed by atoms with Gasteiger partial charge in [-0.25, -0.2) is 4.79 Å². The molecule has 1 aromatic rings. The first-order valence-electron chi connectivity index (χ1n) is 8.27. The number of rotatable bonds is 7. The van der Waals surface area contributed by atoms with Gasteiger partial charge in [0.05, 0.1) is 6.54 Å². The van der Waals surface area contributed by atoms with Gasteiger partial charge in [-0.3, -0.25) is 9.59 Å². The fraction of sp³-hybridized carbons (Fsp3) is 0.471. The van der Waals surface area contributed by atoms with Crippen LogP contribution >= 0.6 is 0 Å². The smallest absolute Gasteiger partial charge is 0.319 e. The Hall–Kier alpha value is -2.57. The van der Waals surface area contributed by atoms with E-state index in [1.54, 1.807) is 29.2 Å². The van der Waals surface area contributed by atoms with Crippen molar-refractivity contribution in [1.29, 1.82) is 0 Å². The predicted molar refractivity (Wildman–Crippen MR) is 91.9 cm³/mol. The quantitative estimate of drug-likeness (QED) is 0.708. The van der Waals surface area contributed by atoms with E-state index in [9.17, 15) is 14.4 Å². The van der Waals surface area contributed by atoms with Gasteiger partial charge in [0, 0.05) is 30.4 Å². The van der Waals surface area contributed by atoms with Crippen molar-refractivity contribution >= 4 is 23.5 Å². The van der Waals surface area contributed by atoms with Crippen LogP contribution in [-0.2, 0) is 4.79 Å². The fourth-order valence-corrected chi connectivity index (χ4v) is 2.23. The maximum absolute atomic E-state index is 12.1. The summed E-state index contributed by atoms with van der Waals surface area (Å²) < 4.78 is 0. The Balaban J connectivity index is 1.81. The van der Waals surface area contributed by atoms with Gasteiger partial charge in [-0.05, 0) is 51.0 Å². The Morgan fingerprint density at radius 1 is 1.08 bits per heavy atom. The molecule has 1 aliphatic carbocycles. The average Bonchev–Trinajstić information content (AvgIpc) is 3.38. The van der Waals surface area contributed by atoms with Crippen LogP contribution in [0.4, 0.5) is 10.5 Å². The van der Waals surface area contributed by atoms with Crippen LogP contribution in [-0.4, -0.2) is 48.4 Å². The lowest BCUT2D eigenvalue weighted by Crippen LogP contribution is -2.40. The van der Waals surface area contributed by atoms with Crippen molar-refractivity contribution in [2.45, 2.75) is 32.7 Å². The molecule has 0 aliphatic heterocycles. The van der Waals surface area contributed by atoms with Gasteiger partial charge in [0.1, 0.15) is 0 Å². The second kappa shape index (κ2) is 8.33. The number of carbonyl (C=O) groups is 3. The topological polar surface area (TPSA) is 90.5 Å². The summed E-state index contributed by atoms with van der Waals surface area (Å²) in [6, 6.07) is 6.60. The highest BCUT2D eigenvalue weighted by molar-refractivity contribution is 5.97. The maximum atomic E-state index is 12.1. The van der Waals surface area contributed by atoms with Gasteiger partial charge in [0.2, 0.25) is 5.91 Å². The zero-order chi connectivity index (χ0) is 17.5. The maximum Gasteiger partial charge on any atom is 0.319 e. The van der Waals surface area contributed by atoms with Gasteiger partial charge in [0.15, 0.2) is 0 Å². The van der Waals surface area contributed by atoms with Gasteiger partial charge in [-0.1, -0.05) is 0 Å². The van der Waals surface area contributed by atoms with Crippen molar-refractivity contribution in [2.24, 2.45) is 0 Å². The van der Waals surface area contributed by atoms with Crippen molar-refractivity contribution < 1.29 is 14.4 Å². The highest BCUT2D eigenvalue weighted by atomic mass is 16.2. The third-order valence-electron chi connectivity index (χ3n) is 3.83. The minimum absolute atomic E-state index is 0.0235. The number of hydrogen-bond acceptors (Lipinski definition) is 3. The van der Waals surface area contributed by atoms with Crippen LogP contribution in [0.5, 0.6) is 0 Å². The molecular weight excluding hydrogens is 308 g/mol. The lowest BCUT2D eigenvalue weighted by Gasteiger charge is -2.18. The molecule has 1 aromatic carbocycles. The highest BCUT2D eigenvalue weighted by Gasteiger charge is 2.23. The predicted octanol–water partition coefficient (Wildman–Crippen LogP) is 1.57. The molecule has 1 fully saturated rings. The van der Waals surface area contributed by atoms with E-state index in [0.29, 0.717) is 30.4 Å². The summed E-state index contributed by atoms with van der Waals surface area (Å²) in [5, 5.41) is 8.15. The molecule has 24 heavy (non-hydrogen) atoms. The molecule has 0 atom stereocenters. The number of amides is 4. The summed E-state index contributed by atoms with van der Waals surface area (Å²) >= 11 is 0. The third kappa shape index (κ3) is 5.26. The molecule has 0 saturated heterocycles. The number of nitrogens with zero attached hydrogens (tertiary/aromatic N) is 1. The number of likely N-dealkylation sites (N-methyl/N-ethyl adjacent to an activating group) is 1. The molecule has 0 radical (unpaired) electrons. The van der Waals surface area contributed by atoms with Crippen LogP contribution in [0.3, 0.4) is 0 Å². The summed E-state index contributed by atoms with van der Waals surface area (Å²) in [4.78, 5) is 37.2. The van der Waals surface area contributed by atoms with Crippen LogP contribution in [0, 0.1) is 0 Å². The number of hydrogen-bond donors (Lipinski definition) is 3. The summed E-state index contributed by atoms with van der Waals surface area (Å²) in [6.45, 7) is 5.01. The van der Waals surface area contributed by atoms with E-state index < -0.39 is 0 Å². The Bertz CT molecular complexity index is 592. The molecule has 0 spiro atoms. The number of carbonyl (C=O) groups excluding carboxylic acids is 3. The van der Waals surface area contributed by atoms with E-state index in [4.69, 9.17) is 0 Å². The molecular formula is C17H24N4O3. The van der Waals surface area contributed by atoms with Crippen LogP contribution in [0.15, 0.2) is 24.3 Å². The molecule has 4 amide bonds. The number of benzene rings is 1. The van der Waals surface area contributed by atoms with Crippen LogP contribution in [0.1, 0.15) is 37.0 Å². The molecule has 7 heteroatoms. The normalized spacial score (nSPS) is 13.1. The first kappa shape index (κ1) is 17.8. The molecule has 0 aromatic heterocycles. The summed E-state index contributed by atoms with van der Waals surface area (Å²) in [7, 11) is 0. The van der Waals surface area contributed by atoms with E-state index in [1.807, 2.05) is 13.8 Å². The lowest BCUT2D eigenvalue weighted by molar-refractivity contribution is -0.129. The van der Waals surface area contributed by atoms with Crippen LogP contribution in [0.2, 0.25) is 0 Å². The van der Waals surface area contributed by atoms with E-state index >= 15 is 0 Å². The van der Waals surface area contributed by atoms with E-state index in [1.165, 1.54) is 0 Å². The number of nitrogens with one attached hydrogen (secondary N) is 3. The van der Waals surface area contributed by atoms with Crippen molar-refractivity contribution in [3.05, 3.63) is 29.8 Å². The summed E-state index contributed by atoms with van der Waals surface area (Å²) in [6.07, 6.45) is 2.05. The molecule has 0 heterocycles. The Morgan fingerprint density at radius 2 is 1.71 bits per heavy atom. The van der Waals surface area contributed by atoms with Gasteiger partial charge in [-0.15, -0.1) is 0 Å². The second-order valence-corrected chi connectivity index (χ2v) is 5.70. The van der Waals surface area contributed by atoms with Crippen LogP contribution < -0.4 is 16.0 Å². The number of anilines is 1. The molecule has 3 N–H and O–H groups in total. The van der Waals surface area contributed by atoms with Crippen molar-refractivity contribution in [2.75, 3.05) is 25.0 Å². The zero-order valence-electron chi connectivity index (χ0n) is 14.1. The number of urea groups is 1. The minimum Gasteiger partial charge on any atom is -0.343 e. The van der Waals surface area contributed by atoms with Gasteiger partial charge >= 0.3 is 6.03 Å². The standard InChI is InChI=1S/C17H24N4O3/c1-3-21(4-2)15(22)11-18-16(23)12-5-7-13(8-6-12)19-17(24)20-14-9-10-14/h5-8,14H,3-4,9-11H2,1-2H3,(H,18,23)(H2,19,20,24). The van der Waals surface area contributed by atoms with Gasteiger partial charge in [0.25, 0.3) is 5.91 Å². The molecule has 0 bridgehead atoms. The van der Waals surface area contributed by atoms with Crippen LogP contribution in [0.25, 0.3) is 0 Å². The summed E-state index contributed by atoms with van der Waals surface area (Å²) in [5.41, 5.74) is 1.06. The molecule has 2 rings (SSSR count). The Labute approximate surface area is 141 Å². The van der Waals surface area contributed by atoms with E-state index in [2.05, 4.69) is 16.0 Å². The largest absolute Gasteiger partial charge is 0.343 e. The van der Waals surface area contributed by atoms with Crippen molar-refractivity contribution in [1.82, 2.24) is 15.5 Å². The molecule has 7 nitrogen and oxygen atoms in total. The zero-order valence-corrected chi connectivity index (χ0v) is 14.1. The molecule has 0 unspecified atom stereocenters. The second-order valence-electron chi connectivity index (χ2n) is 5.70. The molecule has 130 valence electrons. The summed E-state index contributed by atoms with van der Waals surface area (Å²) in [5.74, 6) is -0.423. The van der Waals surface area contributed by atoms with E-state index in [0.717, 1.165) is 12.8 Å². The first-order chi connectivity index (χ1) is 11.5. The Kier molecular flexibility index (Phi) is 6.17. The fourth-order valence-electron chi connectivity index (χ4n) is 2.23. The van der Waals surface area contributed by atoms with Crippen molar-refractivity contribution in [3.63, 3.8) is 0 Å². The molecule has 1 saturated carbocycles. The lowest BCUT2D eigenvalue weighted by atomic mass is 10.2. The minimum atomic E-state index is -0.315. The third-order valence-corrected chi connectivity index (χ3v) is 3.83. The average molecular weight is 332 g/mol. The van der Waals surface area contributed by atoms with Crippen molar-refractivity contribution in [3.8, 4) is 0 Å².